The first-order chi connectivity index (χ1) is 16.0. The Labute approximate surface area is 196 Å². The van der Waals surface area contributed by atoms with Crippen LogP contribution in [0, 0.1) is 18.3 Å². The number of methoxy groups -OCH3 is 1. The summed E-state index contributed by atoms with van der Waals surface area (Å²) in [7, 11) is 1.66. The number of ether oxygens (including phenoxy) is 1. The van der Waals surface area contributed by atoms with E-state index in [4.69, 9.17) is 10.00 Å². The lowest BCUT2D eigenvalue weighted by atomic mass is 10.0. The summed E-state index contributed by atoms with van der Waals surface area (Å²) in [5, 5.41) is 12.3. The molecule has 0 atom stereocenters. The van der Waals surface area contributed by atoms with E-state index < -0.39 is 0 Å². The predicted octanol–water partition coefficient (Wildman–Crippen LogP) is 4.68. The van der Waals surface area contributed by atoms with E-state index in [1.54, 1.807) is 30.3 Å². The highest BCUT2D eigenvalue weighted by atomic mass is 16.5. The van der Waals surface area contributed by atoms with Crippen LogP contribution in [-0.2, 0) is 11.3 Å². The summed E-state index contributed by atoms with van der Waals surface area (Å²) < 4.78 is 5.08. The molecule has 0 unspecified atom stereocenters. The van der Waals surface area contributed by atoms with Crippen molar-refractivity contribution >= 4 is 11.9 Å². The summed E-state index contributed by atoms with van der Waals surface area (Å²) in [4.78, 5) is 24.4. The molecule has 0 radical (unpaired) electrons. The van der Waals surface area contributed by atoms with Crippen molar-refractivity contribution in [3.8, 4) is 17.3 Å². The molecule has 7 heteroatoms. The molecule has 0 aliphatic rings. The second kappa shape index (κ2) is 11.7. The van der Waals surface area contributed by atoms with Crippen molar-refractivity contribution in [3.05, 3.63) is 77.0 Å². The highest BCUT2D eigenvalue weighted by molar-refractivity contribution is 5.99. The SMILES string of the molecule is CCN(Cc1cccc(C)c1)C(=O)c1cnc(NCCCOC)nc1-c1ccc(C#N)cc1.[HH]. The molecule has 0 saturated heterocycles. The fourth-order valence-electron chi connectivity index (χ4n) is 3.49. The van der Waals surface area contributed by atoms with E-state index >= 15 is 0 Å². The molecule has 33 heavy (non-hydrogen) atoms. The van der Waals surface area contributed by atoms with Crippen LogP contribution in [0.4, 0.5) is 5.95 Å². The molecule has 0 spiro atoms. The van der Waals surface area contributed by atoms with Gasteiger partial charge >= 0.3 is 0 Å². The van der Waals surface area contributed by atoms with Gasteiger partial charge in [0.1, 0.15) is 0 Å². The minimum atomic E-state index is -0.135. The van der Waals surface area contributed by atoms with Crippen LogP contribution in [0.1, 0.15) is 41.8 Å². The van der Waals surface area contributed by atoms with Gasteiger partial charge < -0.3 is 15.0 Å². The van der Waals surface area contributed by atoms with Gasteiger partial charge in [0.25, 0.3) is 5.91 Å². The Balaban J connectivity index is 0.00000408. The molecule has 0 saturated carbocycles. The van der Waals surface area contributed by atoms with E-state index in [9.17, 15) is 4.79 Å². The van der Waals surface area contributed by atoms with Gasteiger partial charge in [-0.25, -0.2) is 9.97 Å². The van der Waals surface area contributed by atoms with Crippen molar-refractivity contribution in [3.63, 3.8) is 0 Å². The van der Waals surface area contributed by atoms with Crippen LogP contribution >= 0.6 is 0 Å². The Morgan fingerprint density at radius 2 is 2.03 bits per heavy atom. The number of rotatable bonds is 10. The molecule has 1 amide bonds. The average Bonchev–Trinajstić information content (AvgIpc) is 2.85. The maximum Gasteiger partial charge on any atom is 0.257 e. The lowest BCUT2D eigenvalue weighted by Crippen LogP contribution is -2.31. The normalized spacial score (nSPS) is 10.5. The predicted molar refractivity (Wildman–Crippen MR) is 131 cm³/mol. The number of carbonyl (C=O) groups is 1. The molecule has 0 bridgehead atoms. The minimum Gasteiger partial charge on any atom is -0.385 e. The molecular formula is C26H31N5O2. The molecule has 3 aromatic rings. The standard InChI is InChI=1S/C26H29N5O2.H2/c1-4-31(18-21-8-5-7-19(2)15-21)25(32)23-17-29-26(28-13-6-14-33-3)30-24(23)22-11-9-20(16-27)10-12-22;/h5,7-12,15,17H,4,6,13-14,18H2,1-3H3,(H,28,29,30);1H. The highest BCUT2D eigenvalue weighted by Crippen LogP contribution is 2.25. The van der Waals surface area contributed by atoms with E-state index in [0.717, 1.165) is 23.1 Å². The second-order valence-corrected chi connectivity index (χ2v) is 7.73. The van der Waals surface area contributed by atoms with E-state index in [-0.39, 0.29) is 7.33 Å². The van der Waals surface area contributed by atoms with E-state index in [2.05, 4.69) is 27.4 Å². The lowest BCUT2D eigenvalue weighted by molar-refractivity contribution is 0.0752. The molecule has 2 aromatic carbocycles. The van der Waals surface area contributed by atoms with Gasteiger partial charge in [0.15, 0.2) is 0 Å². The molecule has 1 N–H and O–H groups in total. The third kappa shape index (κ3) is 6.37. The molecule has 7 nitrogen and oxygen atoms in total. The van der Waals surface area contributed by atoms with Crippen molar-refractivity contribution in [2.75, 3.05) is 32.1 Å². The first-order valence-corrected chi connectivity index (χ1v) is 11.0. The average molecular weight is 446 g/mol. The molecule has 3 rings (SSSR count). The van der Waals surface area contributed by atoms with Gasteiger partial charge in [0.05, 0.1) is 22.9 Å². The maximum absolute atomic E-state index is 13.5. The summed E-state index contributed by atoms with van der Waals surface area (Å²) in [6.07, 6.45) is 2.40. The summed E-state index contributed by atoms with van der Waals surface area (Å²) in [6.45, 7) is 6.34. The quantitative estimate of drug-likeness (QED) is 0.456. The summed E-state index contributed by atoms with van der Waals surface area (Å²) in [5.41, 5.74) is 4.50. The third-order valence-electron chi connectivity index (χ3n) is 5.24. The summed E-state index contributed by atoms with van der Waals surface area (Å²) in [6, 6.07) is 17.3. The number of benzene rings is 2. The van der Waals surface area contributed by atoms with Crippen molar-refractivity contribution < 1.29 is 11.0 Å². The van der Waals surface area contributed by atoms with Crippen LogP contribution in [0.3, 0.4) is 0 Å². The van der Waals surface area contributed by atoms with Gasteiger partial charge in [-0.3, -0.25) is 4.79 Å². The smallest absolute Gasteiger partial charge is 0.257 e. The highest BCUT2D eigenvalue weighted by Gasteiger charge is 2.21. The molecule has 0 aliphatic carbocycles. The van der Waals surface area contributed by atoms with Crippen LogP contribution in [-0.4, -0.2) is 47.6 Å². The zero-order chi connectivity index (χ0) is 23.6. The molecule has 172 valence electrons. The Hall–Kier alpha value is -3.76. The number of nitriles is 1. The van der Waals surface area contributed by atoms with Crippen molar-refractivity contribution in [1.82, 2.24) is 14.9 Å². The van der Waals surface area contributed by atoms with Crippen molar-refractivity contribution in [2.24, 2.45) is 0 Å². The number of nitrogens with one attached hydrogen (secondary N) is 1. The van der Waals surface area contributed by atoms with Crippen molar-refractivity contribution in [2.45, 2.75) is 26.8 Å². The zero-order valence-corrected chi connectivity index (χ0v) is 19.3. The second-order valence-electron chi connectivity index (χ2n) is 7.73. The first kappa shape index (κ1) is 23.9. The Kier molecular flexibility index (Phi) is 8.50. The van der Waals surface area contributed by atoms with Crippen LogP contribution in [0.15, 0.2) is 54.7 Å². The third-order valence-corrected chi connectivity index (χ3v) is 5.24. The number of anilines is 1. The Morgan fingerprint density at radius 1 is 1.24 bits per heavy atom. The van der Waals surface area contributed by atoms with Gasteiger partial charge in [-0.05, 0) is 38.0 Å². The molecular weight excluding hydrogens is 414 g/mol. The lowest BCUT2D eigenvalue weighted by Gasteiger charge is -2.22. The van der Waals surface area contributed by atoms with Crippen LogP contribution in [0.25, 0.3) is 11.3 Å². The van der Waals surface area contributed by atoms with E-state index in [1.165, 1.54) is 0 Å². The van der Waals surface area contributed by atoms with Crippen LogP contribution in [0.2, 0.25) is 0 Å². The topological polar surface area (TPSA) is 91.1 Å². The van der Waals surface area contributed by atoms with E-state index in [0.29, 0.717) is 49.0 Å². The van der Waals surface area contributed by atoms with Crippen LogP contribution in [0.5, 0.6) is 0 Å². The van der Waals surface area contributed by atoms with Gasteiger partial charge in [0, 0.05) is 46.5 Å². The van der Waals surface area contributed by atoms with Gasteiger partial charge in [-0.1, -0.05) is 42.0 Å². The Morgan fingerprint density at radius 3 is 2.70 bits per heavy atom. The van der Waals surface area contributed by atoms with E-state index in [1.807, 2.05) is 44.2 Å². The largest absolute Gasteiger partial charge is 0.385 e. The fraction of sp³-hybridized carbons (Fsp3) is 0.308. The summed E-state index contributed by atoms with van der Waals surface area (Å²) >= 11 is 0. The number of aryl methyl sites for hydroxylation is 1. The zero-order valence-electron chi connectivity index (χ0n) is 19.3. The van der Waals surface area contributed by atoms with Gasteiger partial charge in [0.2, 0.25) is 5.95 Å². The van der Waals surface area contributed by atoms with Crippen LogP contribution < -0.4 is 5.32 Å². The Bertz CT molecular complexity index is 1130. The molecule has 1 aromatic heterocycles. The monoisotopic (exact) mass is 445 g/mol. The number of carbonyl (C=O) groups excluding carboxylic acids is 1. The number of amides is 1. The summed E-state index contributed by atoms with van der Waals surface area (Å²) in [5.74, 6) is 0.313. The minimum absolute atomic E-state index is 0. The van der Waals surface area contributed by atoms with Gasteiger partial charge in [-0.2, -0.15) is 5.26 Å². The fourth-order valence-corrected chi connectivity index (χ4v) is 3.49. The molecule has 0 fully saturated rings. The molecule has 0 aliphatic heterocycles. The number of aromatic nitrogens is 2. The first-order valence-electron chi connectivity index (χ1n) is 11.0. The number of hydrogen-bond acceptors (Lipinski definition) is 6. The molecule has 1 heterocycles. The number of nitrogens with zero attached hydrogens (tertiary/aromatic N) is 4. The number of hydrogen-bond donors (Lipinski definition) is 1. The van der Waals surface area contributed by atoms with Crippen molar-refractivity contribution in [1.29, 1.82) is 5.26 Å². The maximum atomic E-state index is 13.5. The van der Waals surface area contributed by atoms with Gasteiger partial charge in [-0.15, -0.1) is 0 Å².